The molecule has 2 fully saturated rings. The van der Waals surface area contributed by atoms with Crippen LogP contribution in [0.2, 0.25) is 0 Å². The predicted molar refractivity (Wildman–Crippen MR) is 90.3 cm³/mol. The summed E-state index contributed by atoms with van der Waals surface area (Å²) < 4.78 is 0. The van der Waals surface area contributed by atoms with Crippen LogP contribution in [0.1, 0.15) is 43.7 Å². The normalized spacial score (nSPS) is 20.2. The SMILES string of the molecule is CCCc1nc(N2CCN(C3CC3)CC2)sc1CNCC. The summed E-state index contributed by atoms with van der Waals surface area (Å²) in [6.07, 6.45) is 5.13. The lowest BCUT2D eigenvalue weighted by Gasteiger charge is -2.34. The maximum Gasteiger partial charge on any atom is 0.185 e. The molecule has 3 rings (SSSR count). The number of hydrogen-bond donors (Lipinski definition) is 1. The molecule has 0 unspecified atom stereocenters. The van der Waals surface area contributed by atoms with E-state index in [4.69, 9.17) is 4.98 Å². The molecule has 0 atom stereocenters. The van der Waals surface area contributed by atoms with Gasteiger partial charge in [-0.3, -0.25) is 4.90 Å². The second-order valence-electron chi connectivity index (χ2n) is 6.15. The summed E-state index contributed by atoms with van der Waals surface area (Å²) in [7, 11) is 0. The highest BCUT2D eigenvalue weighted by atomic mass is 32.1. The Morgan fingerprint density at radius 3 is 2.57 bits per heavy atom. The van der Waals surface area contributed by atoms with Gasteiger partial charge in [-0.1, -0.05) is 20.3 Å². The molecule has 1 aliphatic heterocycles. The molecule has 0 radical (unpaired) electrons. The fourth-order valence-electron chi connectivity index (χ4n) is 3.03. The standard InChI is InChI=1S/C16H28N4S/c1-3-5-14-15(12-17-4-2)21-16(18-14)20-10-8-19(9-11-20)13-6-7-13/h13,17H,3-12H2,1-2H3. The average molecular weight is 308 g/mol. The van der Waals surface area contributed by atoms with Gasteiger partial charge < -0.3 is 10.2 Å². The van der Waals surface area contributed by atoms with Crippen LogP contribution in [0, 0.1) is 0 Å². The molecule has 21 heavy (non-hydrogen) atoms. The third-order valence-corrected chi connectivity index (χ3v) is 5.60. The Bertz CT molecular complexity index is 447. The zero-order valence-corrected chi connectivity index (χ0v) is 14.2. The first kappa shape index (κ1) is 15.3. The average Bonchev–Trinajstić information content (AvgIpc) is 3.28. The molecule has 1 saturated carbocycles. The molecule has 2 aliphatic rings. The zero-order valence-electron chi connectivity index (χ0n) is 13.4. The van der Waals surface area contributed by atoms with Crippen molar-refractivity contribution in [1.82, 2.24) is 15.2 Å². The molecule has 1 aliphatic carbocycles. The number of anilines is 1. The van der Waals surface area contributed by atoms with Gasteiger partial charge in [0, 0.05) is 43.6 Å². The molecule has 1 saturated heterocycles. The van der Waals surface area contributed by atoms with E-state index in [1.54, 1.807) is 0 Å². The van der Waals surface area contributed by atoms with Crippen LogP contribution in [0.3, 0.4) is 0 Å². The number of aryl methyl sites for hydroxylation is 1. The zero-order chi connectivity index (χ0) is 14.7. The van der Waals surface area contributed by atoms with Crippen LogP contribution in [0.5, 0.6) is 0 Å². The molecule has 4 nitrogen and oxygen atoms in total. The van der Waals surface area contributed by atoms with Crippen molar-refractivity contribution in [3.05, 3.63) is 10.6 Å². The molecule has 1 N–H and O–H groups in total. The van der Waals surface area contributed by atoms with Crippen LogP contribution < -0.4 is 10.2 Å². The van der Waals surface area contributed by atoms with E-state index in [1.165, 1.54) is 48.1 Å². The number of thiazole rings is 1. The van der Waals surface area contributed by atoms with Crippen LogP contribution in [-0.2, 0) is 13.0 Å². The molecular weight excluding hydrogens is 280 g/mol. The minimum absolute atomic E-state index is 0.906. The lowest BCUT2D eigenvalue weighted by Crippen LogP contribution is -2.47. The molecule has 2 heterocycles. The van der Waals surface area contributed by atoms with Crippen molar-refractivity contribution in [3.8, 4) is 0 Å². The Hall–Kier alpha value is -0.650. The Kier molecular flexibility index (Phi) is 5.14. The Balaban J connectivity index is 1.63. The second-order valence-corrected chi connectivity index (χ2v) is 7.21. The van der Waals surface area contributed by atoms with Crippen LogP contribution in [0.25, 0.3) is 0 Å². The van der Waals surface area contributed by atoms with Crippen molar-refractivity contribution in [2.24, 2.45) is 0 Å². The number of aromatic nitrogens is 1. The molecular formula is C16H28N4S. The highest BCUT2D eigenvalue weighted by Gasteiger charge is 2.31. The van der Waals surface area contributed by atoms with Gasteiger partial charge >= 0.3 is 0 Å². The number of nitrogens with one attached hydrogen (secondary N) is 1. The van der Waals surface area contributed by atoms with E-state index in [0.717, 1.165) is 38.6 Å². The van der Waals surface area contributed by atoms with Crippen molar-refractivity contribution in [2.75, 3.05) is 37.6 Å². The minimum atomic E-state index is 0.906. The van der Waals surface area contributed by atoms with Gasteiger partial charge in [-0.05, 0) is 25.8 Å². The number of piperazine rings is 1. The topological polar surface area (TPSA) is 31.4 Å². The van der Waals surface area contributed by atoms with E-state index < -0.39 is 0 Å². The van der Waals surface area contributed by atoms with Crippen LogP contribution in [0.15, 0.2) is 0 Å². The van der Waals surface area contributed by atoms with Gasteiger partial charge in [0.25, 0.3) is 0 Å². The summed E-state index contributed by atoms with van der Waals surface area (Å²) in [4.78, 5) is 11.6. The second kappa shape index (κ2) is 7.07. The van der Waals surface area contributed by atoms with Crippen molar-refractivity contribution in [2.45, 2.75) is 52.1 Å². The highest BCUT2D eigenvalue weighted by molar-refractivity contribution is 7.15. The van der Waals surface area contributed by atoms with Gasteiger partial charge in [-0.15, -0.1) is 11.3 Å². The summed E-state index contributed by atoms with van der Waals surface area (Å²) in [5.41, 5.74) is 1.32. The quantitative estimate of drug-likeness (QED) is 0.838. The number of nitrogens with zero attached hydrogens (tertiary/aromatic N) is 3. The lowest BCUT2D eigenvalue weighted by molar-refractivity contribution is 0.248. The Morgan fingerprint density at radius 2 is 1.95 bits per heavy atom. The first-order chi connectivity index (χ1) is 10.3. The van der Waals surface area contributed by atoms with Gasteiger partial charge in [0.15, 0.2) is 5.13 Å². The van der Waals surface area contributed by atoms with Crippen LogP contribution in [0.4, 0.5) is 5.13 Å². The van der Waals surface area contributed by atoms with E-state index in [0.29, 0.717) is 0 Å². The molecule has 5 heteroatoms. The molecule has 0 bridgehead atoms. The Labute approximate surface area is 132 Å². The van der Waals surface area contributed by atoms with Crippen molar-refractivity contribution >= 4 is 16.5 Å². The summed E-state index contributed by atoms with van der Waals surface area (Å²) in [6, 6.07) is 0.906. The maximum absolute atomic E-state index is 4.95. The minimum Gasteiger partial charge on any atom is -0.346 e. The lowest BCUT2D eigenvalue weighted by atomic mass is 10.2. The molecule has 0 amide bonds. The monoisotopic (exact) mass is 308 g/mol. The molecule has 1 aromatic heterocycles. The maximum atomic E-state index is 4.95. The van der Waals surface area contributed by atoms with E-state index in [2.05, 4.69) is 29.0 Å². The van der Waals surface area contributed by atoms with Gasteiger partial charge in [0.2, 0.25) is 0 Å². The fourth-order valence-corrected chi connectivity index (χ4v) is 4.16. The van der Waals surface area contributed by atoms with E-state index >= 15 is 0 Å². The highest BCUT2D eigenvalue weighted by Crippen LogP contribution is 2.31. The molecule has 118 valence electrons. The summed E-state index contributed by atoms with van der Waals surface area (Å²) in [6.45, 7) is 11.1. The summed E-state index contributed by atoms with van der Waals surface area (Å²) in [5, 5.41) is 4.71. The Morgan fingerprint density at radius 1 is 1.19 bits per heavy atom. The van der Waals surface area contributed by atoms with Crippen molar-refractivity contribution in [1.29, 1.82) is 0 Å². The molecule has 0 spiro atoms. The van der Waals surface area contributed by atoms with E-state index in [9.17, 15) is 0 Å². The fraction of sp³-hybridized carbons (Fsp3) is 0.812. The molecule has 1 aromatic rings. The summed E-state index contributed by atoms with van der Waals surface area (Å²) in [5.74, 6) is 0. The first-order valence-electron chi connectivity index (χ1n) is 8.50. The third kappa shape index (κ3) is 3.76. The van der Waals surface area contributed by atoms with Crippen molar-refractivity contribution in [3.63, 3.8) is 0 Å². The smallest absolute Gasteiger partial charge is 0.185 e. The molecule has 0 aromatic carbocycles. The third-order valence-electron chi connectivity index (χ3n) is 4.44. The van der Waals surface area contributed by atoms with Crippen LogP contribution in [-0.4, -0.2) is 48.6 Å². The summed E-state index contributed by atoms with van der Waals surface area (Å²) >= 11 is 1.90. The number of rotatable bonds is 7. The van der Waals surface area contributed by atoms with Gasteiger partial charge in [-0.2, -0.15) is 0 Å². The van der Waals surface area contributed by atoms with Gasteiger partial charge in [-0.25, -0.2) is 4.98 Å². The first-order valence-corrected chi connectivity index (χ1v) is 9.31. The van der Waals surface area contributed by atoms with Crippen molar-refractivity contribution < 1.29 is 0 Å². The predicted octanol–water partition coefficient (Wildman–Crippen LogP) is 2.49. The van der Waals surface area contributed by atoms with Gasteiger partial charge in [0.05, 0.1) is 5.69 Å². The van der Waals surface area contributed by atoms with Crippen LogP contribution >= 0.6 is 11.3 Å². The number of hydrogen-bond acceptors (Lipinski definition) is 5. The van der Waals surface area contributed by atoms with E-state index in [1.807, 2.05) is 11.3 Å². The van der Waals surface area contributed by atoms with E-state index in [-0.39, 0.29) is 0 Å². The largest absolute Gasteiger partial charge is 0.346 e. The van der Waals surface area contributed by atoms with Gasteiger partial charge in [0.1, 0.15) is 0 Å².